The van der Waals surface area contributed by atoms with E-state index in [-0.39, 0.29) is 0 Å². The molecule has 0 radical (unpaired) electrons. The Morgan fingerprint density at radius 2 is 1.14 bits per heavy atom. The maximum absolute atomic E-state index is 4.32. The quantitative estimate of drug-likeness (QED) is 0.478. The topological polar surface area (TPSA) is 0 Å². The zero-order chi connectivity index (χ0) is 24.2. The molecule has 0 aliphatic carbocycles. The van der Waals surface area contributed by atoms with Crippen LogP contribution in [0.3, 0.4) is 0 Å². The lowest BCUT2D eigenvalue weighted by Crippen LogP contribution is -2.51. The standard InChI is InChI=1S/C21H26.4C2H6/c1-9-14(6)20-15(7)16(8)21(17(10-2)11-3)19(13-5)18(20)12-4;4*1-2/h9-13H,1-2,7H2,3-6,8H3;4*1-2H3/b17-11-,18-12-,19-13-,20-14+;;;;. The van der Waals surface area contributed by atoms with Gasteiger partial charge in [-0.05, 0) is 77.8 Å². The molecule has 0 fully saturated rings. The molecule has 0 aliphatic rings. The third-order valence-electron chi connectivity index (χ3n) is 4.06. The van der Waals surface area contributed by atoms with E-state index in [1.54, 1.807) is 0 Å². The monoisotopic (exact) mass is 398 g/mol. The summed E-state index contributed by atoms with van der Waals surface area (Å²) in [6.07, 6.45) is 10.2. The summed E-state index contributed by atoms with van der Waals surface area (Å²) < 4.78 is 0. The van der Waals surface area contributed by atoms with E-state index < -0.39 is 0 Å². The van der Waals surface area contributed by atoms with E-state index in [1.165, 1.54) is 26.8 Å². The van der Waals surface area contributed by atoms with Gasteiger partial charge in [0.2, 0.25) is 0 Å². The van der Waals surface area contributed by atoms with Crippen molar-refractivity contribution < 1.29 is 0 Å². The van der Waals surface area contributed by atoms with Gasteiger partial charge in [-0.1, -0.05) is 106 Å². The number of benzene rings is 1. The molecule has 0 unspecified atom stereocenters. The molecule has 0 atom stereocenters. The van der Waals surface area contributed by atoms with Crippen molar-refractivity contribution in [3.05, 3.63) is 63.4 Å². The minimum Gasteiger partial charge on any atom is -0.0988 e. The zero-order valence-electron chi connectivity index (χ0n) is 22.0. The van der Waals surface area contributed by atoms with E-state index >= 15 is 0 Å². The van der Waals surface area contributed by atoms with Gasteiger partial charge in [0.25, 0.3) is 0 Å². The van der Waals surface area contributed by atoms with Crippen molar-refractivity contribution in [3.63, 3.8) is 0 Å². The van der Waals surface area contributed by atoms with Gasteiger partial charge in [-0.3, -0.25) is 0 Å². The summed E-state index contributed by atoms with van der Waals surface area (Å²) in [4.78, 5) is 0. The van der Waals surface area contributed by atoms with Gasteiger partial charge in [0, 0.05) is 0 Å². The van der Waals surface area contributed by atoms with Crippen LogP contribution in [0.4, 0.5) is 0 Å². The van der Waals surface area contributed by atoms with Gasteiger partial charge in [-0.2, -0.15) is 0 Å². The Hall–Kier alpha value is -2.08. The van der Waals surface area contributed by atoms with E-state index in [9.17, 15) is 0 Å². The van der Waals surface area contributed by atoms with Gasteiger partial charge in [0.15, 0.2) is 0 Å². The molecule has 0 saturated heterocycles. The summed E-state index contributed by atoms with van der Waals surface area (Å²) in [6, 6.07) is 0. The molecule has 0 heteroatoms. The third-order valence-corrected chi connectivity index (χ3v) is 4.06. The SMILES string of the molecule is C=C/C(=C/C)c1c(C)c(=C)c(=C(/C)C=C)/c(=C\C)c/1=C/C.CC.CC.CC.CC. The van der Waals surface area contributed by atoms with Crippen molar-refractivity contribution in [3.8, 4) is 0 Å². The van der Waals surface area contributed by atoms with Gasteiger partial charge in [-0.15, -0.1) is 0 Å². The summed E-state index contributed by atoms with van der Waals surface area (Å²) in [5.74, 6) is 0. The molecule has 0 saturated carbocycles. The number of allylic oxidation sites excluding steroid dienone is 4. The van der Waals surface area contributed by atoms with Crippen LogP contribution in [-0.4, -0.2) is 0 Å². The Morgan fingerprint density at radius 1 is 0.724 bits per heavy atom. The Morgan fingerprint density at radius 3 is 1.41 bits per heavy atom. The molecule has 0 aliphatic heterocycles. The molecule has 0 amide bonds. The second-order valence-corrected chi connectivity index (χ2v) is 5.09. The highest BCUT2D eigenvalue weighted by molar-refractivity contribution is 5.77. The molecule has 1 rings (SSSR count). The minimum atomic E-state index is 1.07. The third kappa shape index (κ3) is 9.31. The lowest BCUT2D eigenvalue weighted by atomic mass is 9.92. The summed E-state index contributed by atoms with van der Waals surface area (Å²) in [5.41, 5.74) is 4.74. The average Bonchev–Trinajstić information content (AvgIpc) is 2.81. The van der Waals surface area contributed by atoms with Crippen LogP contribution in [0.5, 0.6) is 0 Å². The lowest BCUT2D eigenvalue weighted by molar-refractivity contribution is 1.26. The number of hydrogen-bond donors (Lipinski definition) is 0. The number of rotatable bonds is 3. The highest BCUT2D eigenvalue weighted by Gasteiger charge is 2.08. The molecule has 0 nitrogen and oxygen atoms in total. The summed E-state index contributed by atoms with van der Waals surface area (Å²) in [7, 11) is 0. The maximum atomic E-state index is 4.32. The molecule has 1 aromatic carbocycles. The molecule has 0 spiro atoms. The largest absolute Gasteiger partial charge is 0.0988 e. The first kappa shape index (κ1) is 34.4. The van der Waals surface area contributed by atoms with Crippen molar-refractivity contribution in [2.75, 3.05) is 0 Å². The second-order valence-electron chi connectivity index (χ2n) is 5.09. The molecular weight excluding hydrogens is 348 g/mol. The molecule has 1 aromatic rings. The van der Waals surface area contributed by atoms with Crippen molar-refractivity contribution in [2.45, 2.75) is 90.0 Å². The van der Waals surface area contributed by atoms with Crippen LogP contribution in [0.2, 0.25) is 0 Å². The van der Waals surface area contributed by atoms with E-state index in [1.807, 2.05) is 74.5 Å². The van der Waals surface area contributed by atoms with Gasteiger partial charge < -0.3 is 0 Å². The summed E-state index contributed by atoms with van der Waals surface area (Å²) in [5, 5.41) is 4.73. The van der Waals surface area contributed by atoms with Crippen molar-refractivity contribution >= 4 is 29.9 Å². The van der Waals surface area contributed by atoms with Gasteiger partial charge in [0.1, 0.15) is 0 Å². The van der Waals surface area contributed by atoms with Crippen molar-refractivity contribution in [1.82, 2.24) is 0 Å². The molecule has 0 N–H and O–H groups in total. The van der Waals surface area contributed by atoms with Crippen LogP contribution in [0, 0.1) is 6.92 Å². The average molecular weight is 399 g/mol. The molecule has 166 valence electrons. The van der Waals surface area contributed by atoms with Gasteiger partial charge >= 0.3 is 0 Å². The van der Waals surface area contributed by atoms with Crippen LogP contribution in [0.25, 0.3) is 29.9 Å². The molecule has 0 heterocycles. The highest BCUT2D eigenvalue weighted by Crippen LogP contribution is 2.12. The Kier molecular flexibility index (Phi) is 26.4. The molecule has 0 aromatic heterocycles. The molecule has 29 heavy (non-hydrogen) atoms. The first-order chi connectivity index (χ1) is 14.0. The first-order valence-corrected chi connectivity index (χ1v) is 11.3. The summed E-state index contributed by atoms with van der Waals surface area (Å²) >= 11 is 0. The smallest absolute Gasteiger partial charge is 0.00769 e. The van der Waals surface area contributed by atoms with Crippen molar-refractivity contribution in [1.29, 1.82) is 0 Å². The lowest BCUT2D eigenvalue weighted by Gasteiger charge is -2.12. The van der Waals surface area contributed by atoms with Crippen LogP contribution in [-0.2, 0) is 0 Å². The van der Waals surface area contributed by atoms with Crippen LogP contribution >= 0.6 is 0 Å². The maximum Gasteiger partial charge on any atom is -0.00769 e. The van der Waals surface area contributed by atoms with E-state index in [0.29, 0.717) is 0 Å². The fourth-order valence-electron chi connectivity index (χ4n) is 2.86. The zero-order valence-corrected chi connectivity index (χ0v) is 22.0. The van der Waals surface area contributed by atoms with Gasteiger partial charge in [0.05, 0.1) is 0 Å². The van der Waals surface area contributed by atoms with Crippen LogP contribution < -0.4 is 20.9 Å². The fourth-order valence-corrected chi connectivity index (χ4v) is 2.86. The molecule has 0 bridgehead atoms. The minimum absolute atomic E-state index is 1.07. The Bertz CT molecular complexity index is 828. The van der Waals surface area contributed by atoms with E-state index in [4.69, 9.17) is 0 Å². The first-order valence-electron chi connectivity index (χ1n) is 11.3. The molecular formula is C29H50. The highest BCUT2D eigenvalue weighted by atomic mass is 14.1. The fraction of sp³-hybridized carbons (Fsp3) is 0.448. The summed E-state index contributed by atoms with van der Waals surface area (Å²) in [6.45, 7) is 38.6. The predicted molar refractivity (Wildman–Crippen MR) is 144 cm³/mol. The Labute approximate surface area is 183 Å². The second kappa shape index (κ2) is 22.2. The Balaban J connectivity index is -0.000000347. The van der Waals surface area contributed by atoms with Crippen molar-refractivity contribution in [2.24, 2.45) is 0 Å². The predicted octanol–water partition coefficient (Wildman–Crippen LogP) is 7.06. The van der Waals surface area contributed by atoms with E-state index in [2.05, 4.69) is 65.7 Å². The van der Waals surface area contributed by atoms with Crippen LogP contribution in [0.15, 0.2) is 31.4 Å². The number of hydrogen-bond acceptors (Lipinski definition) is 0. The van der Waals surface area contributed by atoms with E-state index in [0.717, 1.165) is 16.4 Å². The van der Waals surface area contributed by atoms with Crippen LogP contribution in [0.1, 0.15) is 94.2 Å². The van der Waals surface area contributed by atoms with Gasteiger partial charge in [-0.25, -0.2) is 0 Å². The normalized spacial score (nSPS) is 11.8.